The molecule has 0 amide bonds. The van der Waals surface area contributed by atoms with Gasteiger partial charge in [-0.2, -0.15) is 0 Å². The maximum atomic E-state index is 5.30. The third kappa shape index (κ3) is 2.20. The molecule has 0 atom stereocenters. The first kappa shape index (κ1) is 8.97. The van der Waals surface area contributed by atoms with Gasteiger partial charge in [-0.25, -0.2) is 0 Å². The number of likely N-dealkylation sites (N-methyl/N-ethyl adjacent to an activating group) is 1. The quantitative estimate of drug-likeness (QED) is 0.606. The molecule has 13 heavy (non-hydrogen) atoms. The Labute approximate surface area is 79.9 Å². The molecule has 2 aliphatic heterocycles. The van der Waals surface area contributed by atoms with Gasteiger partial charge in [-0.3, -0.25) is 0 Å². The normalized spacial score (nSPS) is 25.3. The molecule has 0 aromatic carbocycles. The van der Waals surface area contributed by atoms with Crippen LogP contribution < -0.4 is 0 Å². The van der Waals surface area contributed by atoms with Crippen molar-refractivity contribution < 1.29 is 4.74 Å². The Kier molecular flexibility index (Phi) is 2.81. The van der Waals surface area contributed by atoms with E-state index in [0.29, 0.717) is 0 Å². The van der Waals surface area contributed by atoms with E-state index < -0.39 is 0 Å². The van der Waals surface area contributed by atoms with E-state index in [-0.39, 0.29) is 0 Å². The van der Waals surface area contributed by atoms with Crippen LogP contribution in [0.4, 0.5) is 0 Å². The van der Waals surface area contributed by atoms with Crippen LogP contribution in [0.1, 0.15) is 12.8 Å². The zero-order chi connectivity index (χ0) is 9.10. The molecule has 0 unspecified atom stereocenters. The number of rotatable bonds is 1. The lowest BCUT2D eigenvalue weighted by Crippen LogP contribution is -2.25. The minimum absolute atomic E-state index is 0.808. The predicted octanol–water partition coefficient (Wildman–Crippen LogP) is 1.59. The summed E-state index contributed by atoms with van der Waals surface area (Å²) in [4.78, 5) is 2.35. The van der Waals surface area contributed by atoms with Crippen molar-refractivity contribution in [1.29, 1.82) is 0 Å². The Morgan fingerprint density at radius 2 is 2.08 bits per heavy atom. The summed E-state index contributed by atoms with van der Waals surface area (Å²) >= 11 is 0. The predicted molar refractivity (Wildman–Crippen MR) is 53.7 cm³/mol. The maximum absolute atomic E-state index is 5.30. The van der Waals surface area contributed by atoms with Crippen molar-refractivity contribution in [3.8, 4) is 0 Å². The standard InChI is InChI=1S/C11H17NO/c1-12-6-2-10(3-7-12)11-4-8-13-9-5-11/h2,4H,3,5-9H2,1H3. The van der Waals surface area contributed by atoms with Gasteiger partial charge in [-0.05, 0) is 31.0 Å². The molecular formula is C11H17NO. The molecule has 2 heterocycles. The number of hydrogen-bond donors (Lipinski definition) is 0. The van der Waals surface area contributed by atoms with E-state index in [2.05, 4.69) is 24.1 Å². The highest BCUT2D eigenvalue weighted by Gasteiger charge is 2.13. The first-order valence-corrected chi connectivity index (χ1v) is 5.01. The molecule has 0 saturated heterocycles. The molecule has 0 saturated carbocycles. The summed E-state index contributed by atoms with van der Waals surface area (Å²) in [6.45, 7) is 4.01. The van der Waals surface area contributed by atoms with E-state index in [0.717, 1.165) is 26.2 Å². The first-order chi connectivity index (χ1) is 6.36. The molecule has 72 valence electrons. The van der Waals surface area contributed by atoms with Gasteiger partial charge in [0.15, 0.2) is 0 Å². The highest BCUT2D eigenvalue weighted by molar-refractivity contribution is 5.33. The molecule has 0 N–H and O–H groups in total. The molecule has 2 rings (SSSR count). The van der Waals surface area contributed by atoms with Gasteiger partial charge in [0.2, 0.25) is 0 Å². The molecule has 0 spiro atoms. The zero-order valence-electron chi connectivity index (χ0n) is 8.25. The fourth-order valence-corrected chi connectivity index (χ4v) is 1.88. The van der Waals surface area contributed by atoms with Crippen LogP contribution in [0.25, 0.3) is 0 Å². The van der Waals surface area contributed by atoms with Crippen LogP contribution in [-0.4, -0.2) is 38.3 Å². The minimum atomic E-state index is 0.808. The molecule has 0 bridgehead atoms. The molecule has 0 aromatic heterocycles. The van der Waals surface area contributed by atoms with E-state index in [1.165, 1.54) is 18.5 Å². The molecular weight excluding hydrogens is 162 g/mol. The van der Waals surface area contributed by atoms with Crippen molar-refractivity contribution in [2.75, 3.05) is 33.4 Å². The average Bonchev–Trinajstić information content (AvgIpc) is 2.20. The Morgan fingerprint density at radius 1 is 1.23 bits per heavy atom. The number of nitrogens with zero attached hydrogens (tertiary/aromatic N) is 1. The average molecular weight is 179 g/mol. The topological polar surface area (TPSA) is 12.5 Å². The van der Waals surface area contributed by atoms with Gasteiger partial charge in [-0.15, -0.1) is 0 Å². The van der Waals surface area contributed by atoms with Gasteiger partial charge < -0.3 is 9.64 Å². The molecule has 0 radical (unpaired) electrons. The Balaban J connectivity index is 2.03. The van der Waals surface area contributed by atoms with Crippen molar-refractivity contribution in [3.63, 3.8) is 0 Å². The number of ether oxygens (including phenoxy) is 1. The second kappa shape index (κ2) is 4.07. The summed E-state index contributed by atoms with van der Waals surface area (Å²) in [7, 11) is 2.17. The van der Waals surface area contributed by atoms with Crippen LogP contribution in [-0.2, 0) is 4.74 Å². The fourth-order valence-electron chi connectivity index (χ4n) is 1.88. The summed E-state index contributed by atoms with van der Waals surface area (Å²) in [5, 5.41) is 0. The van der Waals surface area contributed by atoms with E-state index >= 15 is 0 Å². The first-order valence-electron chi connectivity index (χ1n) is 5.01. The van der Waals surface area contributed by atoms with E-state index in [4.69, 9.17) is 4.74 Å². The van der Waals surface area contributed by atoms with Gasteiger partial charge >= 0.3 is 0 Å². The third-order valence-electron chi connectivity index (χ3n) is 2.79. The molecule has 2 nitrogen and oxygen atoms in total. The van der Waals surface area contributed by atoms with Crippen LogP contribution in [0, 0.1) is 0 Å². The van der Waals surface area contributed by atoms with Crippen LogP contribution in [0.2, 0.25) is 0 Å². The summed E-state index contributed by atoms with van der Waals surface area (Å²) in [6.07, 6.45) is 6.92. The zero-order valence-corrected chi connectivity index (χ0v) is 8.25. The molecule has 0 fully saturated rings. The van der Waals surface area contributed by atoms with Gasteiger partial charge in [0.1, 0.15) is 0 Å². The maximum Gasteiger partial charge on any atom is 0.0653 e. The lowest BCUT2D eigenvalue weighted by atomic mass is 9.96. The third-order valence-corrected chi connectivity index (χ3v) is 2.79. The summed E-state index contributed by atoms with van der Waals surface area (Å²) in [6, 6.07) is 0. The van der Waals surface area contributed by atoms with Crippen LogP contribution in [0.15, 0.2) is 23.3 Å². The molecule has 0 aliphatic carbocycles. The van der Waals surface area contributed by atoms with Crippen LogP contribution in [0.5, 0.6) is 0 Å². The SMILES string of the molecule is CN1CC=C(C2=CCOCC2)CC1. The van der Waals surface area contributed by atoms with E-state index in [1.807, 2.05) is 0 Å². The van der Waals surface area contributed by atoms with E-state index in [1.54, 1.807) is 5.57 Å². The van der Waals surface area contributed by atoms with Gasteiger partial charge in [0.05, 0.1) is 13.2 Å². The second-order valence-corrected chi connectivity index (χ2v) is 3.80. The molecule has 2 heteroatoms. The monoisotopic (exact) mass is 179 g/mol. The van der Waals surface area contributed by atoms with Crippen molar-refractivity contribution in [3.05, 3.63) is 23.3 Å². The van der Waals surface area contributed by atoms with Gasteiger partial charge in [0.25, 0.3) is 0 Å². The van der Waals surface area contributed by atoms with Crippen LogP contribution in [0.3, 0.4) is 0 Å². The van der Waals surface area contributed by atoms with Gasteiger partial charge in [-0.1, -0.05) is 12.2 Å². The highest BCUT2D eigenvalue weighted by Crippen LogP contribution is 2.22. The second-order valence-electron chi connectivity index (χ2n) is 3.80. The van der Waals surface area contributed by atoms with Crippen molar-refractivity contribution in [1.82, 2.24) is 4.90 Å². The van der Waals surface area contributed by atoms with E-state index in [9.17, 15) is 0 Å². The fraction of sp³-hybridized carbons (Fsp3) is 0.636. The Bertz CT molecular complexity index is 242. The number of hydrogen-bond acceptors (Lipinski definition) is 2. The van der Waals surface area contributed by atoms with Crippen molar-refractivity contribution in [2.24, 2.45) is 0 Å². The summed E-state index contributed by atoms with van der Waals surface area (Å²) < 4.78 is 5.30. The summed E-state index contributed by atoms with van der Waals surface area (Å²) in [5.74, 6) is 0. The Hall–Kier alpha value is -0.600. The molecule has 0 aromatic rings. The Morgan fingerprint density at radius 3 is 2.69 bits per heavy atom. The largest absolute Gasteiger partial charge is 0.377 e. The van der Waals surface area contributed by atoms with Crippen molar-refractivity contribution in [2.45, 2.75) is 12.8 Å². The van der Waals surface area contributed by atoms with Gasteiger partial charge in [0, 0.05) is 13.1 Å². The lowest BCUT2D eigenvalue weighted by Gasteiger charge is -2.24. The smallest absolute Gasteiger partial charge is 0.0653 e. The minimum Gasteiger partial charge on any atom is -0.377 e. The lowest BCUT2D eigenvalue weighted by molar-refractivity contribution is 0.155. The molecule has 2 aliphatic rings. The van der Waals surface area contributed by atoms with Crippen LogP contribution >= 0.6 is 0 Å². The summed E-state index contributed by atoms with van der Waals surface area (Å²) in [5.41, 5.74) is 3.08. The highest BCUT2D eigenvalue weighted by atomic mass is 16.5. The van der Waals surface area contributed by atoms with Crippen molar-refractivity contribution >= 4 is 0 Å².